The number of unbranched alkanes of at least 4 members (excludes halogenated alkanes) is 8. The van der Waals surface area contributed by atoms with Crippen molar-refractivity contribution in [1.82, 2.24) is 47.4 Å². The molecule has 0 saturated carbocycles. The molecule has 0 bridgehead atoms. The summed E-state index contributed by atoms with van der Waals surface area (Å²) in [4.78, 5) is 150. The summed E-state index contributed by atoms with van der Waals surface area (Å²) >= 11 is 0. The normalized spacial score (nSPS) is 23.1. The van der Waals surface area contributed by atoms with E-state index in [1.54, 1.807) is 0 Å². The number of esters is 1. The Morgan fingerprint density at radius 1 is 0.753 bits per heavy atom. The molecule has 1 aliphatic rings. The molecule has 1 fully saturated rings. The molecule has 0 aromatic rings. The van der Waals surface area contributed by atoms with Crippen LogP contribution in [0.25, 0.3) is 0 Å². The average Bonchev–Trinajstić information content (AvgIpc) is 3.43. The smallest absolute Gasteiger partial charge is 0.325 e. The highest BCUT2D eigenvalue weighted by molar-refractivity contribution is 7.85. The van der Waals surface area contributed by atoms with E-state index in [2.05, 4.69) is 56.4 Å². The Bertz CT molecular complexity index is 2250. The fourth-order valence-corrected chi connectivity index (χ4v) is 9.14. The van der Waals surface area contributed by atoms with Crippen molar-refractivity contribution in [2.75, 3.05) is 45.6 Å². The topological polar surface area (TPSA) is 443 Å². The number of nitrogens with one attached hydrogen (secondary N) is 8. The lowest BCUT2D eigenvalue weighted by molar-refractivity contribution is -0.156. The summed E-state index contributed by atoms with van der Waals surface area (Å²) in [6.45, 7) is 6.34. The third kappa shape index (κ3) is 28.4. The van der Waals surface area contributed by atoms with Crippen LogP contribution in [-0.4, -0.2) is 187 Å². The molecule has 9 amide bonds. The number of ether oxygens (including phenoxy) is 1. The molecule has 1 saturated heterocycles. The quantitative estimate of drug-likeness (QED) is 0.0129. The van der Waals surface area contributed by atoms with Crippen LogP contribution in [0.3, 0.4) is 0 Å². The fraction of sp³-hybridized carbons (Fsp3) is 0.750. The average molecular weight is 1170 g/mol. The second-order valence-electron chi connectivity index (χ2n) is 20.7. The highest BCUT2D eigenvalue weighted by atomic mass is 32.2. The number of rotatable bonds is 28. The van der Waals surface area contributed by atoms with E-state index in [0.29, 0.717) is 25.2 Å². The number of aliphatic hydroxyl groups excluding tert-OH is 2. The zero-order valence-electron chi connectivity index (χ0n) is 48.0. The summed E-state index contributed by atoms with van der Waals surface area (Å²) in [5, 5.41) is 38.5. The molecule has 0 radical (unpaired) electrons. The molecule has 1 aliphatic heterocycles. The van der Waals surface area contributed by atoms with E-state index in [1.165, 1.54) is 46.5 Å². The van der Waals surface area contributed by atoms with Crippen LogP contribution in [0.2, 0.25) is 0 Å². The third-order valence-electron chi connectivity index (χ3n) is 13.3. The summed E-state index contributed by atoms with van der Waals surface area (Å²) in [7, 11) is -3.97. The van der Waals surface area contributed by atoms with Gasteiger partial charge in [0.1, 0.15) is 72.2 Å². The minimum atomic E-state index is -5.11. The van der Waals surface area contributed by atoms with Gasteiger partial charge >= 0.3 is 5.97 Å². The Kier molecular flexibility index (Phi) is 34.7. The number of cyclic esters (lactones) is 1. The summed E-state index contributed by atoms with van der Waals surface area (Å²) < 4.78 is 39.7. The molecule has 29 heteroatoms. The molecule has 9 atom stereocenters. The fourth-order valence-electron chi connectivity index (χ4n) is 8.49. The molecule has 462 valence electrons. The third-order valence-corrected chi connectivity index (χ3v) is 14.0. The van der Waals surface area contributed by atoms with Gasteiger partial charge in [-0.25, -0.2) is 0 Å². The number of likely N-dealkylation sites (N-methyl/N-ethyl adjacent to an activating group) is 1. The molecule has 1 heterocycles. The van der Waals surface area contributed by atoms with E-state index < -0.39 is 174 Å². The maximum atomic E-state index is 14.1. The van der Waals surface area contributed by atoms with Crippen LogP contribution in [0.5, 0.6) is 0 Å². The van der Waals surface area contributed by atoms with Crippen LogP contribution < -0.4 is 54.0 Å². The number of nitrogens with zero attached hydrogens (tertiary/aromatic N) is 1. The summed E-state index contributed by atoms with van der Waals surface area (Å²) in [6.07, 6.45) is 10.3. The van der Waals surface area contributed by atoms with Crippen LogP contribution in [0.4, 0.5) is 0 Å². The maximum absolute atomic E-state index is 14.1. The monoisotopic (exact) mass is 1170 g/mol. The first kappa shape index (κ1) is 72.9. The van der Waals surface area contributed by atoms with Gasteiger partial charge in [-0.3, -0.25) is 57.3 Å². The molecule has 0 spiro atoms. The highest BCUT2D eigenvalue weighted by Gasteiger charge is 2.38. The van der Waals surface area contributed by atoms with Crippen LogP contribution in [-0.2, 0) is 67.6 Å². The zero-order valence-corrected chi connectivity index (χ0v) is 48.8. The molecule has 1 rings (SSSR count). The molecule has 0 aromatic carbocycles. The highest BCUT2D eigenvalue weighted by Crippen LogP contribution is 2.18. The van der Waals surface area contributed by atoms with Gasteiger partial charge in [-0.2, -0.15) is 8.42 Å². The molecule has 9 unspecified atom stereocenters. The number of Topliss-reactive ketones (excluding diaryl/α,β-unsaturated/α-hetero) is 1. The van der Waals surface area contributed by atoms with Crippen molar-refractivity contribution in [2.45, 2.75) is 193 Å². The zero-order chi connectivity index (χ0) is 61.4. The minimum Gasteiger partial charge on any atom is -0.459 e. The van der Waals surface area contributed by atoms with E-state index in [4.69, 9.17) is 16.2 Å². The lowest BCUT2D eigenvalue weighted by Crippen LogP contribution is -2.63. The predicted molar refractivity (Wildman–Crippen MR) is 296 cm³/mol. The Balaban J connectivity index is 3.61. The van der Waals surface area contributed by atoms with Gasteiger partial charge in [-0.05, 0) is 57.9 Å². The Morgan fingerprint density at radius 3 is 1.85 bits per heavy atom. The maximum Gasteiger partial charge on any atom is 0.325 e. The van der Waals surface area contributed by atoms with Crippen LogP contribution in [0.1, 0.15) is 144 Å². The van der Waals surface area contributed by atoms with Gasteiger partial charge in [0.05, 0.1) is 19.6 Å². The first-order chi connectivity index (χ1) is 38.2. The van der Waals surface area contributed by atoms with Crippen molar-refractivity contribution in [1.29, 1.82) is 0 Å². The van der Waals surface area contributed by atoms with Gasteiger partial charge in [-0.15, -0.1) is 0 Å². The van der Waals surface area contributed by atoms with E-state index in [9.17, 15) is 75.9 Å². The van der Waals surface area contributed by atoms with Crippen molar-refractivity contribution in [3.05, 3.63) is 11.8 Å². The number of carbonyl (C=O) groups is 11. The summed E-state index contributed by atoms with van der Waals surface area (Å²) in [5.74, 6) is -13.6. The second-order valence-corrected chi connectivity index (χ2v) is 22.2. The molecular weight excluding hydrogens is 1080 g/mol. The van der Waals surface area contributed by atoms with Gasteiger partial charge < -0.3 is 73.9 Å². The molecule has 28 nitrogen and oxygen atoms in total. The van der Waals surface area contributed by atoms with Crippen molar-refractivity contribution >= 4 is 75.0 Å². The van der Waals surface area contributed by atoms with Crippen molar-refractivity contribution in [3.8, 4) is 0 Å². The number of hydrogen-bond donors (Lipinski definition) is 13. The van der Waals surface area contributed by atoms with Crippen molar-refractivity contribution in [2.24, 2.45) is 23.3 Å². The standard InChI is InChI=1S/C52H91N11O17S/c1-8-10-15-20-32(5)21-16-13-11-12-14-17-22-34(66)25-41(67)55-40(30-81(77,78)79)49(73)62-44-33(6)80-42(68)27-63(7)52(76)36(23-18-19-24-53)57-47(71)38(28-64)59-50(74)43(31(3)4)61-45(69)35(9-2)56-46(70)37(26-54)58-48(72)39(29-65)60-51(44)75/h9,31-33,36-40,43-44,64-65H,8,10-30,53-54H2,1-7H3,(H,55,67)(H,56,70)(H,57,71)(H,58,72)(H,59,74)(H,60,75)(H,61,69)(H,62,73)(H,77,78,79)/b35-9-. The first-order valence-electron chi connectivity index (χ1n) is 27.8. The van der Waals surface area contributed by atoms with E-state index in [-0.39, 0.29) is 25.8 Å². The molecular formula is C52H91N11O17S. The predicted octanol–water partition coefficient (Wildman–Crippen LogP) is -2.28. The Hall–Kier alpha value is -6.14. The second kappa shape index (κ2) is 38.5. The van der Waals surface area contributed by atoms with Gasteiger partial charge in [0.25, 0.3) is 16.0 Å². The Labute approximate surface area is 475 Å². The lowest BCUT2D eigenvalue weighted by atomic mass is 9.96. The number of aliphatic hydroxyl groups is 2. The molecule has 0 aromatic heterocycles. The summed E-state index contributed by atoms with van der Waals surface area (Å²) in [6, 6.07) is -12.6. The largest absolute Gasteiger partial charge is 0.459 e. The van der Waals surface area contributed by atoms with Crippen LogP contribution >= 0.6 is 0 Å². The molecule has 15 N–H and O–H groups in total. The van der Waals surface area contributed by atoms with Crippen LogP contribution in [0.15, 0.2) is 11.8 Å². The number of nitrogens with two attached hydrogens (primary N) is 2. The molecule has 81 heavy (non-hydrogen) atoms. The number of hydrogen-bond acceptors (Lipinski definition) is 18. The first-order valence-corrected chi connectivity index (χ1v) is 29.4. The van der Waals surface area contributed by atoms with Crippen LogP contribution in [0, 0.1) is 11.8 Å². The van der Waals surface area contributed by atoms with Gasteiger partial charge in [0.15, 0.2) is 0 Å². The van der Waals surface area contributed by atoms with Gasteiger partial charge in [0, 0.05) is 20.0 Å². The number of carbonyl (C=O) groups excluding carboxylic acids is 11. The van der Waals surface area contributed by atoms with E-state index in [1.807, 2.05) is 0 Å². The SMILES string of the molecule is C/C=C1\NC(=O)C(CN)NC(=O)C(CO)NC(=O)C(NC(=O)C(CS(=O)(=O)O)NC(=O)CC(=O)CCCCCCCCC(C)CCCCC)C(C)OC(=O)CN(C)C(=O)C(CCCCN)NC(=O)C(CO)NC(=O)C(C(C)C)NC1=O. The number of ketones is 1. The van der Waals surface area contributed by atoms with E-state index >= 15 is 0 Å². The number of allylic oxidation sites excluding steroid dienone is 1. The minimum absolute atomic E-state index is 0.000533. The Morgan fingerprint density at radius 2 is 1.31 bits per heavy atom. The number of amides is 9. The van der Waals surface area contributed by atoms with Crippen molar-refractivity contribution in [3.63, 3.8) is 0 Å². The summed E-state index contributed by atoms with van der Waals surface area (Å²) in [5.41, 5.74) is 11.0. The van der Waals surface area contributed by atoms with E-state index in [0.717, 1.165) is 57.1 Å². The van der Waals surface area contributed by atoms with Crippen molar-refractivity contribution < 1.29 is 80.7 Å². The van der Waals surface area contributed by atoms with Gasteiger partial charge in [-0.1, -0.05) is 98.0 Å². The molecule has 0 aliphatic carbocycles. The lowest BCUT2D eigenvalue weighted by Gasteiger charge is -2.29. The van der Waals surface area contributed by atoms with Gasteiger partial charge in [0.2, 0.25) is 47.3 Å².